The Labute approximate surface area is 160 Å². The van der Waals surface area contributed by atoms with Crippen LogP contribution in [0.4, 0.5) is 0 Å². The minimum Gasteiger partial charge on any atom is -0.497 e. The smallest absolute Gasteiger partial charge is 0.206 e. The summed E-state index contributed by atoms with van der Waals surface area (Å²) in [6, 6.07) is 6.04. The Hall–Kier alpha value is -2.08. The molecule has 26 heavy (non-hydrogen) atoms. The van der Waals surface area contributed by atoms with Gasteiger partial charge in [0.05, 0.1) is 19.9 Å². The maximum absolute atomic E-state index is 5.59. The van der Waals surface area contributed by atoms with E-state index in [-0.39, 0.29) is 6.04 Å². The van der Waals surface area contributed by atoms with Gasteiger partial charge in [0.25, 0.3) is 0 Å². The van der Waals surface area contributed by atoms with Crippen molar-refractivity contribution in [2.75, 3.05) is 14.2 Å². The van der Waals surface area contributed by atoms with Gasteiger partial charge >= 0.3 is 0 Å². The van der Waals surface area contributed by atoms with Crippen LogP contribution in [0.3, 0.4) is 0 Å². The number of aromatic nitrogens is 1. The van der Waals surface area contributed by atoms with Crippen LogP contribution in [0.1, 0.15) is 47.0 Å². The molecule has 0 N–H and O–H groups in total. The van der Waals surface area contributed by atoms with E-state index in [0.29, 0.717) is 0 Å². The highest BCUT2D eigenvalue weighted by molar-refractivity contribution is 7.07. The summed E-state index contributed by atoms with van der Waals surface area (Å²) in [7, 11) is 3.32. The first-order chi connectivity index (χ1) is 12.5. The predicted octanol–water partition coefficient (Wildman–Crippen LogP) is 4.96. The summed E-state index contributed by atoms with van der Waals surface area (Å²) in [6.07, 6.45) is 3.28. The minimum atomic E-state index is 0.205. The average molecular weight is 376 g/mol. The first-order valence-corrected chi connectivity index (χ1v) is 9.89. The second-order valence-electron chi connectivity index (χ2n) is 6.44. The van der Waals surface area contributed by atoms with Crippen LogP contribution >= 0.6 is 11.3 Å². The highest BCUT2D eigenvalue weighted by Crippen LogP contribution is 2.33. The van der Waals surface area contributed by atoms with Gasteiger partial charge in [-0.2, -0.15) is 5.10 Å². The Bertz CT molecular complexity index is 819. The third-order valence-corrected chi connectivity index (χ3v) is 4.73. The first-order valence-electron chi connectivity index (χ1n) is 9.01. The van der Waals surface area contributed by atoms with Crippen molar-refractivity contribution in [1.82, 2.24) is 4.68 Å². The predicted molar refractivity (Wildman–Crippen MR) is 110 cm³/mol. The molecule has 0 radical (unpaired) electrons. The van der Waals surface area contributed by atoms with E-state index in [1.54, 1.807) is 25.6 Å². The standard InChI is InChI=1S/C20H29N3O2S/c1-7-8-9-15(4)22-23-18(13-26-20(23)21-14(2)3)17-11-10-16(24-5)12-19(17)25-6/h10-14H,7-9H2,1-6H3. The average Bonchev–Trinajstić information content (AvgIpc) is 3.00. The number of methoxy groups -OCH3 is 2. The van der Waals surface area contributed by atoms with Gasteiger partial charge in [-0.1, -0.05) is 13.3 Å². The number of thiazole rings is 1. The van der Waals surface area contributed by atoms with Crippen LogP contribution in [-0.4, -0.2) is 30.6 Å². The number of hydrogen-bond donors (Lipinski definition) is 0. The van der Waals surface area contributed by atoms with Crippen LogP contribution in [-0.2, 0) is 0 Å². The molecule has 0 unspecified atom stereocenters. The number of ether oxygens (including phenoxy) is 2. The molecule has 2 rings (SSSR count). The van der Waals surface area contributed by atoms with Crippen molar-refractivity contribution in [3.63, 3.8) is 0 Å². The molecule has 0 saturated heterocycles. The largest absolute Gasteiger partial charge is 0.497 e. The third kappa shape index (κ3) is 4.97. The van der Waals surface area contributed by atoms with Crippen LogP contribution in [0.2, 0.25) is 0 Å². The number of hydrogen-bond acceptors (Lipinski definition) is 5. The molecule has 0 saturated carbocycles. The SMILES string of the molecule is CCCCC(C)=Nn1c(-c2ccc(OC)cc2OC)csc1=NC(C)C. The van der Waals surface area contributed by atoms with E-state index in [2.05, 4.69) is 33.1 Å². The maximum Gasteiger partial charge on any atom is 0.206 e. The lowest BCUT2D eigenvalue weighted by molar-refractivity contribution is 0.395. The normalized spacial score (nSPS) is 12.7. The molecule has 2 aromatic rings. The lowest BCUT2D eigenvalue weighted by atomic mass is 10.1. The third-order valence-electron chi connectivity index (χ3n) is 3.90. The maximum atomic E-state index is 5.59. The zero-order valence-corrected chi connectivity index (χ0v) is 17.4. The summed E-state index contributed by atoms with van der Waals surface area (Å²) in [5.74, 6) is 1.52. The molecule has 0 aliphatic carbocycles. The Kier molecular flexibility index (Phi) is 7.45. The van der Waals surface area contributed by atoms with Crippen molar-refractivity contribution in [3.8, 4) is 22.8 Å². The summed E-state index contributed by atoms with van der Waals surface area (Å²) >= 11 is 1.60. The van der Waals surface area contributed by atoms with Crippen molar-refractivity contribution in [1.29, 1.82) is 0 Å². The van der Waals surface area contributed by atoms with Crippen LogP contribution in [0.5, 0.6) is 11.5 Å². The van der Waals surface area contributed by atoms with Gasteiger partial charge in [0.1, 0.15) is 11.5 Å². The Morgan fingerprint density at radius 3 is 2.62 bits per heavy atom. The molecule has 5 nitrogen and oxygen atoms in total. The molecule has 1 heterocycles. The number of benzene rings is 1. The van der Waals surface area contributed by atoms with Crippen molar-refractivity contribution in [2.24, 2.45) is 10.1 Å². The van der Waals surface area contributed by atoms with Crippen molar-refractivity contribution in [3.05, 3.63) is 28.4 Å². The molecule has 0 bridgehead atoms. The number of unbranched alkanes of at least 4 members (excludes halogenated alkanes) is 1. The quantitative estimate of drug-likeness (QED) is 0.613. The monoisotopic (exact) mass is 375 g/mol. The topological polar surface area (TPSA) is 48.1 Å². The van der Waals surface area contributed by atoms with Crippen molar-refractivity contribution in [2.45, 2.75) is 53.0 Å². The zero-order chi connectivity index (χ0) is 19.1. The fourth-order valence-electron chi connectivity index (χ4n) is 2.56. The van der Waals surface area contributed by atoms with Crippen LogP contribution < -0.4 is 14.3 Å². The molecule has 0 spiro atoms. The van der Waals surface area contributed by atoms with Gasteiger partial charge < -0.3 is 9.47 Å². The molecule has 0 fully saturated rings. The highest BCUT2D eigenvalue weighted by atomic mass is 32.1. The second-order valence-corrected chi connectivity index (χ2v) is 7.28. The molecular formula is C20H29N3O2S. The summed E-state index contributed by atoms with van der Waals surface area (Å²) < 4.78 is 12.8. The van der Waals surface area contributed by atoms with E-state index in [9.17, 15) is 0 Å². The number of nitrogens with zero attached hydrogens (tertiary/aromatic N) is 3. The fraction of sp³-hybridized carbons (Fsp3) is 0.500. The van der Waals surface area contributed by atoms with Gasteiger partial charge in [-0.25, -0.2) is 4.68 Å². The molecular weight excluding hydrogens is 346 g/mol. The Morgan fingerprint density at radius 2 is 2.00 bits per heavy atom. The van der Waals surface area contributed by atoms with Crippen molar-refractivity contribution >= 4 is 17.0 Å². The van der Waals surface area contributed by atoms with Gasteiger partial charge in [0.2, 0.25) is 4.80 Å². The van der Waals surface area contributed by atoms with Gasteiger partial charge in [0, 0.05) is 28.8 Å². The molecule has 0 aliphatic heterocycles. The molecule has 0 aliphatic rings. The van der Waals surface area contributed by atoms with Gasteiger partial charge in [-0.15, -0.1) is 11.3 Å². The molecule has 6 heteroatoms. The van der Waals surface area contributed by atoms with Crippen LogP contribution in [0, 0.1) is 0 Å². The van der Waals surface area contributed by atoms with Crippen molar-refractivity contribution < 1.29 is 9.47 Å². The lowest BCUT2D eigenvalue weighted by Crippen LogP contribution is -2.16. The van der Waals surface area contributed by atoms with Gasteiger partial charge in [0.15, 0.2) is 0 Å². The lowest BCUT2D eigenvalue weighted by Gasteiger charge is -2.11. The summed E-state index contributed by atoms with van der Waals surface area (Å²) in [5.41, 5.74) is 3.05. The summed E-state index contributed by atoms with van der Waals surface area (Å²) in [4.78, 5) is 5.63. The molecule has 1 aromatic carbocycles. The van der Waals surface area contributed by atoms with E-state index in [0.717, 1.165) is 52.5 Å². The Morgan fingerprint density at radius 1 is 1.23 bits per heavy atom. The van der Waals surface area contributed by atoms with Crippen LogP contribution in [0.25, 0.3) is 11.3 Å². The highest BCUT2D eigenvalue weighted by Gasteiger charge is 2.14. The first kappa shape index (κ1) is 20.2. The Balaban J connectivity index is 2.61. The molecule has 1 aromatic heterocycles. The summed E-state index contributed by atoms with van der Waals surface area (Å²) in [5, 5.41) is 6.95. The molecule has 0 atom stereocenters. The minimum absolute atomic E-state index is 0.205. The van der Waals surface area contributed by atoms with Gasteiger partial charge in [-0.05, 0) is 45.7 Å². The van der Waals surface area contributed by atoms with Crippen LogP contribution in [0.15, 0.2) is 33.7 Å². The van der Waals surface area contributed by atoms with E-state index in [1.807, 2.05) is 22.9 Å². The summed E-state index contributed by atoms with van der Waals surface area (Å²) in [6.45, 7) is 8.42. The van der Waals surface area contributed by atoms with E-state index in [4.69, 9.17) is 19.6 Å². The fourth-order valence-corrected chi connectivity index (χ4v) is 3.51. The molecule has 0 amide bonds. The van der Waals surface area contributed by atoms with E-state index >= 15 is 0 Å². The molecule has 142 valence electrons. The second kappa shape index (κ2) is 9.57. The van der Waals surface area contributed by atoms with E-state index < -0.39 is 0 Å². The number of rotatable bonds is 8. The van der Waals surface area contributed by atoms with Gasteiger partial charge in [-0.3, -0.25) is 4.99 Å². The zero-order valence-electron chi connectivity index (χ0n) is 16.6. The van der Waals surface area contributed by atoms with E-state index in [1.165, 1.54) is 0 Å².